The summed E-state index contributed by atoms with van der Waals surface area (Å²) < 4.78 is 1.11. The molecule has 0 saturated carbocycles. The molecule has 2 atom stereocenters. The summed E-state index contributed by atoms with van der Waals surface area (Å²) in [6.45, 7) is 4.97. The first-order valence-electron chi connectivity index (χ1n) is 8.13. The Balaban J connectivity index is 1.57. The first kappa shape index (κ1) is 15.8. The van der Waals surface area contributed by atoms with E-state index in [2.05, 4.69) is 56.1 Å². The summed E-state index contributed by atoms with van der Waals surface area (Å²) in [4.78, 5) is 16.7. The molecule has 1 aromatic carbocycles. The van der Waals surface area contributed by atoms with Crippen molar-refractivity contribution < 1.29 is 4.79 Å². The fourth-order valence-electron chi connectivity index (χ4n) is 3.68. The van der Waals surface area contributed by atoms with Gasteiger partial charge in [0.2, 0.25) is 5.91 Å². The highest BCUT2D eigenvalue weighted by Crippen LogP contribution is 2.30. The van der Waals surface area contributed by atoms with E-state index in [4.69, 9.17) is 0 Å². The lowest BCUT2D eigenvalue weighted by molar-refractivity contribution is -0.136. The van der Waals surface area contributed by atoms with Gasteiger partial charge in [0.15, 0.2) is 0 Å². The summed E-state index contributed by atoms with van der Waals surface area (Å²) in [6.07, 6.45) is 7.38. The van der Waals surface area contributed by atoms with Gasteiger partial charge in [-0.2, -0.15) is 0 Å². The first-order valence-corrected chi connectivity index (χ1v) is 8.92. The Morgan fingerprint density at radius 2 is 2.05 bits per heavy atom. The number of hydrogen-bond donors (Lipinski definition) is 0. The number of fused-ring (bicyclic) bond motifs is 2. The lowest BCUT2D eigenvalue weighted by Gasteiger charge is -2.40. The van der Waals surface area contributed by atoms with Gasteiger partial charge in [0.25, 0.3) is 0 Å². The van der Waals surface area contributed by atoms with Gasteiger partial charge in [0.1, 0.15) is 0 Å². The molecular weight excluding hydrogens is 340 g/mol. The fourth-order valence-corrected chi connectivity index (χ4v) is 4.09. The topological polar surface area (TPSA) is 23.6 Å². The van der Waals surface area contributed by atoms with Crippen LogP contribution in [0, 0.1) is 0 Å². The third kappa shape index (κ3) is 3.44. The molecule has 0 N–H and O–H groups in total. The fraction of sp³-hybridized carbons (Fsp3) is 0.500. The summed E-state index contributed by atoms with van der Waals surface area (Å²) in [5.74, 6) is 0.330. The molecule has 3 rings (SSSR count). The van der Waals surface area contributed by atoms with Gasteiger partial charge >= 0.3 is 0 Å². The van der Waals surface area contributed by atoms with E-state index in [1.165, 1.54) is 18.4 Å². The molecule has 3 nitrogen and oxygen atoms in total. The molecule has 2 bridgehead atoms. The number of halogens is 1. The Labute approximate surface area is 141 Å². The number of benzene rings is 1. The highest BCUT2D eigenvalue weighted by atomic mass is 79.9. The molecule has 1 aromatic rings. The quantitative estimate of drug-likeness (QED) is 0.817. The van der Waals surface area contributed by atoms with Gasteiger partial charge in [-0.05, 0) is 30.5 Å². The maximum Gasteiger partial charge on any atom is 0.222 e. The molecule has 2 heterocycles. The van der Waals surface area contributed by atoms with E-state index in [0.29, 0.717) is 24.4 Å². The van der Waals surface area contributed by atoms with Gasteiger partial charge in [0, 0.05) is 42.6 Å². The van der Waals surface area contributed by atoms with Gasteiger partial charge < -0.3 is 4.90 Å². The number of carbonyl (C=O) groups excluding carboxylic acids is 1. The van der Waals surface area contributed by atoms with Crippen molar-refractivity contribution >= 4 is 27.9 Å². The highest BCUT2D eigenvalue weighted by Gasteiger charge is 2.41. The van der Waals surface area contributed by atoms with Crippen LogP contribution in [0.5, 0.6) is 0 Å². The molecule has 0 aromatic heterocycles. The average molecular weight is 363 g/mol. The SMILES string of the molecule is CCC(=O)N1C2CCC1CN(C/C=C/c1cccc(Br)c1)C2. The van der Waals surface area contributed by atoms with Crippen molar-refractivity contribution in [2.24, 2.45) is 0 Å². The number of likely N-dealkylation sites (tertiary alicyclic amines) is 1. The molecule has 0 radical (unpaired) electrons. The Morgan fingerprint density at radius 3 is 2.68 bits per heavy atom. The summed E-state index contributed by atoms with van der Waals surface area (Å²) in [7, 11) is 0. The molecule has 22 heavy (non-hydrogen) atoms. The number of hydrogen-bond acceptors (Lipinski definition) is 2. The van der Waals surface area contributed by atoms with Crippen LogP contribution in [0.3, 0.4) is 0 Å². The summed E-state index contributed by atoms with van der Waals surface area (Å²) in [5.41, 5.74) is 1.22. The van der Waals surface area contributed by atoms with Crippen molar-refractivity contribution in [2.75, 3.05) is 19.6 Å². The van der Waals surface area contributed by atoms with Crippen LogP contribution in [0.1, 0.15) is 31.7 Å². The van der Waals surface area contributed by atoms with Gasteiger partial charge in [-0.3, -0.25) is 9.69 Å². The van der Waals surface area contributed by atoms with E-state index < -0.39 is 0 Å². The largest absolute Gasteiger partial charge is 0.334 e. The van der Waals surface area contributed by atoms with Crippen LogP contribution < -0.4 is 0 Å². The Morgan fingerprint density at radius 1 is 1.32 bits per heavy atom. The Hall–Kier alpha value is -1.13. The predicted octanol–water partition coefficient (Wildman–Crippen LogP) is 3.55. The van der Waals surface area contributed by atoms with E-state index in [1.54, 1.807) is 0 Å². The molecule has 118 valence electrons. The number of rotatable bonds is 4. The van der Waals surface area contributed by atoms with Crippen LogP contribution in [0.4, 0.5) is 0 Å². The molecule has 2 unspecified atom stereocenters. The lowest BCUT2D eigenvalue weighted by atomic mass is 10.1. The first-order chi connectivity index (χ1) is 10.7. The maximum atomic E-state index is 12.1. The van der Waals surface area contributed by atoms with Crippen molar-refractivity contribution in [1.82, 2.24) is 9.80 Å². The van der Waals surface area contributed by atoms with Gasteiger partial charge in [-0.15, -0.1) is 0 Å². The highest BCUT2D eigenvalue weighted by molar-refractivity contribution is 9.10. The zero-order valence-electron chi connectivity index (χ0n) is 13.0. The standard InChI is InChI=1S/C18H23BrN2O/c1-2-18(22)21-16-8-9-17(21)13-20(12-16)10-4-6-14-5-3-7-15(19)11-14/h3-7,11,16-17H,2,8-10,12-13H2,1H3/b6-4+. The van der Waals surface area contributed by atoms with Crippen LogP contribution in [0.25, 0.3) is 6.08 Å². The van der Waals surface area contributed by atoms with Gasteiger partial charge in [-0.25, -0.2) is 0 Å². The summed E-state index contributed by atoms with van der Waals surface area (Å²) in [6, 6.07) is 9.20. The van der Waals surface area contributed by atoms with Crippen LogP contribution >= 0.6 is 15.9 Å². The third-order valence-electron chi connectivity index (χ3n) is 4.67. The number of nitrogens with zero attached hydrogens (tertiary/aromatic N) is 2. The lowest BCUT2D eigenvalue weighted by Crippen LogP contribution is -2.55. The molecule has 2 aliphatic heterocycles. The number of piperazine rings is 1. The van der Waals surface area contributed by atoms with E-state index in [-0.39, 0.29) is 0 Å². The second-order valence-electron chi connectivity index (χ2n) is 6.22. The Kier molecular flexibility index (Phi) is 4.99. The van der Waals surface area contributed by atoms with Gasteiger partial charge in [-0.1, -0.05) is 47.1 Å². The third-order valence-corrected chi connectivity index (χ3v) is 5.16. The monoisotopic (exact) mass is 362 g/mol. The maximum absolute atomic E-state index is 12.1. The van der Waals surface area contributed by atoms with Crippen molar-refractivity contribution in [3.63, 3.8) is 0 Å². The van der Waals surface area contributed by atoms with Crippen LogP contribution in [0.2, 0.25) is 0 Å². The summed E-state index contributed by atoms with van der Waals surface area (Å²) in [5, 5.41) is 0. The summed E-state index contributed by atoms with van der Waals surface area (Å²) >= 11 is 3.50. The van der Waals surface area contributed by atoms with Crippen LogP contribution in [-0.2, 0) is 4.79 Å². The molecule has 4 heteroatoms. The minimum absolute atomic E-state index is 0.330. The second kappa shape index (κ2) is 6.97. The van der Waals surface area contributed by atoms with Crippen molar-refractivity contribution in [1.29, 1.82) is 0 Å². The number of carbonyl (C=O) groups is 1. The van der Waals surface area contributed by atoms with Crippen LogP contribution in [-0.4, -0.2) is 47.4 Å². The smallest absolute Gasteiger partial charge is 0.222 e. The molecule has 1 amide bonds. The predicted molar refractivity (Wildman–Crippen MR) is 93.6 cm³/mol. The zero-order valence-corrected chi connectivity index (χ0v) is 14.6. The minimum Gasteiger partial charge on any atom is -0.334 e. The second-order valence-corrected chi connectivity index (χ2v) is 7.13. The van der Waals surface area contributed by atoms with Crippen molar-refractivity contribution in [3.05, 3.63) is 40.4 Å². The molecule has 0 aliphatic carbocycles. The van der Waals surface area contributed by atoms with Crippen molar-refractivity contribution in [2.45, 2.75) is 38.3 Å². The van der Waals surface area contributed by atoms with E-state index in [0.717, 1.165) is 24.1 Å². The molecule has 0 spiro atoms. The molecule has 2 saturated heterocycles. The molecule has 2 aliphatic rings. The van der Waals surface area contributed by atoms with E-state index in [1.807, 2.05) is 13.0 Å². The normalized spacial score (nSPS) is 25.1. The van der Waals surface area contributed by atoms with Crippen LogP contribution in [0.15, 0.2) is 34.8 Å². The zero-order chi connectivity index (χ0) is 15.5. The molecule has 2 fully saturated rings. The molecular formula is C18H23BrN2O. The average Bonchev–Trinajstić information content (AvgIpc) is 2.77. The number of amides is 1. The van der Waals surface area contributed by atoms with E-state index >= 15 is 0 Å². The van der Waals surface area contributed by atoms with E-state index in [9.17, 15) is 4.79 Å². The Bertz CT molecular complexity index is 558. The van der Waals surface area contributed by atoms with Crippen molar-refractivity contribution in [3.8, 4) is 0 Å². The minimum atomic E-state index is 0.330. The van der Waals surface area contributed by atoms with Gasteiger partial charge in [0.05, 0.1) is 0 Å².